The first-order valence-electron chi connectivity index (χ1n) is 5.31. The van der Waals surface area contributed by atoms with Gasteiger partial charge < -0.3 is 4.74 Å². The summed E-state index contributed by atoms with van der Waals surface area (Å²) in [5.74, 6) is 0.861. The van der Waals surface area contributed by atoms with Gasteiger partial charge in [-0.15, -0.1) is 0 Å². The lowest BCUT2D eigenvalue weighted by molar-refractivity contribution is 0.414. The van der Waals surface area contributed by atoms with Gasteiger partial charge in [0.2, 0.25) is 0 Å². The predicted octanol–water partition coefficient (Wildman–Crippen LogP) is 4.67. The highest BCUT2D eigenvalue weighted by molar-refractivity contribution is 8.21. The van der Waals surface area contributed by atoms with Crippen molar-refractivity contribution in [3.8, 4) is 5.75 Å². The largest absolute Gasteiger partial charge is 0.497 e. The van der Waals surface area contributed by atoms with Crippen molar-refractivity contribution in [1.29, 1.82) is 0 Å². The van der Waals surface area contributed by atoms with Gasteiger partial charge in [-0.1, -0.05) is 42.5 Å². The van der Waals surface area contributed by atoms with Crippen molar-refractivity contribution in [2.24, 2.45) is 0 Å². The standard InChI is InChI=1S/C14H13ClOS/c1-16-13-9-7-12(8-10-13)14(17-15)11-5-3-2-4-6-11/h2-10,14H,1H3. The van der Waals surface area contributed by atoms with E-state index in [4.69, 9.17) is 15.4 Å². The Morgan fingerprint density at radius 1 is 0.941 bits per heavy atom. The van der Waals surface area contributed by atoms with E-state index in [0.29, 0.717) is 0 Å². The Balaban J connectivity index is 2.29. The molecule has 3 heteroatoms. The number of hydrogen-bond acceptors (Lipinski definition) is 2. The molecule has 0 amide bonds. The van der Waals surface area contributed by atoms with E-state index >= 15 is 0 Å². The molecular formula is C14H13ClOS. The normalized spacial score (nSPS) is 12.1. The van der Waals surface area contributed by atoms with Gasteiger partial charge in [-0.2, -0.15) is 0 Å². The summed E-state index contributed by atoms with van der Waals surface area (Å²) in [7, 11) is 8.98. The van der Waals surface area contributed by atoms with E-state index < -0.39 is 0 Å². The van der Waals surface area contributed by atoms with Crippen LogP contribution in [0.1, 0.15) is 16.4 Å². The van der Waals surface area contributed by atoms with Crippen LogP contribution in [0.2, 0.25) is 0 Å². The highest BCUT2D eigenvalue weighted by Gasteiger charge is 2.13. The number of ether oxygens (including phenoxy) is 1. The number of halogens is 1. The summed E-state index contributed by atoms with van der Waals surface area (Å²) in [5, 5.41) is 0.156. The van der Waals surface area contributed by atoms with Gasteiger partial charge >= 0.3 is 0 Å². The Morgan fingerprint density at radius 3 is 2.06 bits per heavy atom. The molecule has 2 rings (SSSR count). The highest BCUT2D eigenvalue weighted by atomic mass is 35.7. The molecule has 1 nitrogen and oxygen atoms in total. The molecule has 1 unspecified atom stereocenters. The van der Waals surface area contributed by atoms with Crippen molar-refractivity contribution in [3.05, 3.63) is 65.7 Å². The van der Waals surface area contributed by atoms with E-state index in [2.05, 4.69) is 12.1 Å². The van der Waals surface area contributed by atoms with Gasteiger partial charge in [-0.3, -0.25) is 0 Å². The topological polar surface area (TPSA) is 9.23 Å². The van der Waals surface area contributed by atoms with E-state index in [1.165, 1.54) is 22.1 Å². The molecule has 0 saturated carbocycles. The highest BCUT2D eigenvalue weighted by Crippen LogP contribution is 2.38. The molecule has 0 bridgehead atoms. The molecule has 0 heterocycles. The fraction of sp³-hybridized carbons (Fsp3) is 0.143. The Bertz CT molecular complexity index is 455. The van der Waals surface area contributed by atoms with Crippen molar-refractivity contribution in [1.82, 2.24) is 0 Å². The molecule has 0 N–H and O–H groups in total. The molecule has 0 spiro atoms. The average molecular weight is 265 g/mol. The van der Waals surface area contributed by atoms with Crippen LogP contribution in [0.25, 0.3) is 0 Å². The van der Waals surface area contributed by atoms with Crippen LogP contribution in [0.5, 0.6) is 5.75 Å². The molecule has 0 fully saturated rings. The second-order valence-corrected chi connectivity index (χ2v) is 4.84. The monoisotopic (exact) mass is 264 g/mol. The fourth-order valence-corrected chi connectivity index (χ4v) is 2.84. The van der Waals surface area contributed by atoms with E-state index in [0.717, 1.165) is 5.75 Å². The number of benzene rings is 2. The maximum absolute atomic E-state index is 6.00. The van der Waals surface area contributed by atoms with Crippen LogP contribution in [-0.4, -0.2) is 7.11 Å². The third-order valence-corrected chi connectivity index (χ3v) is 3.87. The van der Waals surface area contributed by atoms with Gasteiger partial charge in [0.05, 0.1) is 12.4 Å². The van der Waals surface area contributed by atoms with Crippen molar-refractivity contribution in [2.75, 3.05) is 7.11 Å². The van der Waals surface area contributed by atoms with Gasteiger partial charge in [0.1, 0.15) is 5.75 Å². The molecule has 0 aliphatic carbocycles. The zero-order chi connectivity index (χ0) is 12.1. The minimum absolute atomic E-state index is 0.156. The zero-order valence-corrected chi connectivity index (χ0v) is 11.0. The second-order valence-electron chi connectivity index (χ2n) is 3.65. The van der Waals surface area contributed by atoms with Crippen LogP contribution in [0, 0.1) is 0 Å². The summed E-state index contributed by atoms with van der Waals surface area (Å²) in [6.07, 6.45) is 0. The van der Waals surface area contributed by atoms with Crippen molar-refractivity contribution >= 4 is 21.7 Å². The SMILES string of the molecule is COc1ccc(C(SCl)c2ccccc2)cc1. The first-order chi connectivity index (χ1) is 8.35. The van der Waals surface area contributed by atoms with Gasteiger partial charge in [-0.25, -0.2) is 0 Å². The summed E-state index contributed by atoms with van der Waals surface area (Å²) in [5.41, 5.74) is 2.38. The lowest BCUT2D eigenvalue weighted by atomic mass is 10.0. The lowest BCUT2D eigenvalue weighted by Gasteiger charge is -2.14. The summed E-state index contributed by atoms with van der Waals surface area (Å²) in [4.78, 5) is 0. The van der Waals surface area contributed by atoms with Crippen LogP contribution in [-0.2, 0) is 0 Å². The summed E-state index contributed by atoms with van der Waals surface area (Å²) in [6.45, 7) is 0. The van der Waals surface area contributed by atoms with Gasteiger partial charge in [0.15, 0.2) is 0 Å². The average Bonchev–Trinajstić information content (AvgIpc) is 2.42. The molecular weight excluding hydrogens is 252 g/mol. The molecule has 0 saturated heterocycles. The molecule has 0 aliphatic heterocycles. The van der Waals surface area contributed by atoms with E-state index in [-0.39, 0.29) is 5.25 Å². The Kier molecular flexibility index (Phi) is 4.35. The Hall–Kier alpha value is -1.12. The number of rotatable bonds is 4. The summed E-state index contributed by atoms with van der Waals surface area (Å²) >= 11 is 0. The first kappa shape index (κ1) is 12.3. The lowest BCUT2D eigenvalue weighted by Crippen LogP contribution is -1.94. The van der Waals surface area contributed by atoms with Crippen molar-refractivity contribution in [3.63, 3.8) is 0 Å². The maximum Gasteiger partial charge on any atom is 0.118 e. The molecule has 0 radical (unpaired) electrons. The quantitative estimate of drug-likeness (QED) is 0.794. The van der Waals surface area contributed by atoms with Crippen LogP contribution in [0.4, 0.5) is 0 Å². The molecule has 0 aromatic heterocycles. The van der Waals surface area contributed by atoms with Crippen molar-refractivity contribution < 1.29 is 4.74 Å². The number of hydrogen-bond donors (Lipinski definition) is 0. The third-order valence-electron chi connectivity index (χ3n) is 2.61. The second kappa shape index (κ2) is 5.99. The maximum atomic E-state index is 6.00. The molecule has 17 heavy (non-hydrogen) atoms. The smallest absolute Gasteiger partial charge is 0.118 e. The summed E-state index contributed by atoms with van der Waals surface area (Å²) < 4.78 is 5.15. The Morgan fingerprint density at radius 2 is 1.53 bits per heavy atom. The minimum atomic E-state index is 0.156. The van der Waals surface area contributed by atoms with Crippen LogP contribution >= 0.6 is 21.7 Å². The van der Waals surface area contributed by atoms with Crippen molar-refractivity contribution in [2.45, 2.75) is 5.25 Å². The van der Waals surface area contributed by atoms with E-state index in [9.17, 15) is 0 Å². The van der Waals surface area contributed by atoms with Crippen LogP contribution in [0.3, 0.4) is 0 Å². The molecule has 88 valence electrons. The zero-order valence-electron chi connectivity index (χ0n) is 9.47. The summed E-state index contributed by atoms with van der Waals surface area (Å²) in [6, 6.07) is 18.2. The molecule has 2 aromatic carbocycles. The number of methoxy groups -OCH3 is 1. The molecule has 0 aliphatic rings. The molecule has 1 atom stereocenters. The minimum Gasteiger partial charge on any atom is -0.497 e. The van der Waals surface area contributed by atoms with E-state index in [1.54, 1.807) is 7.11 Å². The fourth-order valence-electron chi connectivity index (χ4n) is 1.70. The van der Waals surface area contributed by atoms with Gasteiger partial charge in [0, 0.05) is 0 Å². The third kappa shape index (κ3) is 2.96. The Labute approximate surface area is 110 Å². The van der Waals surface area contributed by atoms with Crippen LogP contribution < -0.4 is 4.74 Å². The molecule has 2 aromatic rings. The van der Waals surface area contributed by atoms with Gasteiger partial charge in [0.25, 0.3) is 0 Å². The predicted molar refractivity (Wildman–Crippen MR) is 74.7 cm³/mol. The van der Waals surface area contributed by atoms with Crippen LogP contribution in [0.15, 0.2) is 54.6 Å². The van der Waals surface area contributed by atoms with E-state index in [1.807, 2.05) is 42.5 Å². The van der Waals surface area contributed by atoms with Gasteiger partial charge in [-0.05, 0) is 44.9 Å². The first-order valence-corrected chi connectivity index (χ1v) is 7.02.